The molecule has 0 radical (unpaired) electrons. The first-order valence-corrected chi connectivity index (χ1v) is 8.65. The van der Waals surface area contributed by atoms with Crippen LogP contribution in [0.25, 0.3) is 11.0 Å². The molecule has 0 saturated heterocycles. The van der Waals surface area contributed by atoms with Gasteiger partial charge in [-0.1, -0.05) is 31.2 Å². The molecule has 3 nitrogen and oxygen atoms in total. The lowest BCUT2D eigenvalue weighted by Crippen LogP contribution is -2.02. The summed E-state index contributed by atoms with van der Waals surface area (Å²) in [6, 6.07) is 16.7. The van der Waals surface area contributed by atoms with E-state index in [9.17, 15) is 0 Å². The Hall–Kier alpha value is -2.26. The summed E-state index contributed by atoms with van der Waals surface area (Å²) in [5, 5.41) is 1.11. The number of furan rings is 1. The Balaban J connectivity index is 1.64. The van der Waals surface area contributed by atoms with E-state index in [0.29, 0.717) is 0 Å². The minimum Gasteiger partial charge on any atom is -0.494 e. The lowest BCUT2D eigenvalue weighted by molar-refractivity contribution is 0.317. The number of nitrogens with two attached hydrogens (primary N) is 1. The first-order valence-electron chi connectivity index (χ1n) is 8.65. The van der Waals surface area contributed by atoms with Gasteiger partial charge in [-0.15, -0.1) is 0 Å². The van der Waals surface area contributed by atoms with Crippen molar-refractivity contribution in [1.82, 2.24) is 0 Å². The number of aryl methyl sites for hydroxylation is 2. The molecule has 24 heavy (non-hydrogen) atoms. The summed E-state index contributed by atoms with van der Waals surface area (Å²) in [6.45, 7) is 4.82. The summed E-state index contributed by atoms with van der Waals surface area (Å²) in [4.78, 5) is 0. The van der Waals surface area contributed by atoms with Crippen LogP contribution in [0.2, 0.25) is 0 Å². The van der Waals surface area contributed by atoms with Crippen molar-refractivity contribution in [3.8, 4) is 5.75 Å². The third-order valence-electron chi connectivity index (χ3n) is 4.15. The van der Waals surface area contributed by atoms with E-state index < -0.39 is 0 Å². The van der Waals surface area contributed by atoms with Gasteiger partial charge in [-0.2, -0.15) is 0 Å². The zero-order valence-electron chi connectivity index (χ0n) is 14.4. The predicted octanol–water partition coefficient (Wildman–Crippen LogP) is 5.03. The summed E-state index contributed by atoms with van der Waals surface area (Å²) >= 11 is 0. The maximum absolute atomic E-state index is 5.89. The first-order chi connectivity index (χ1) is 11.7. The van der Waals surface area contributed by atoms with E-state index in [4.69, 9.17) is 14.9 Å². The van der Waals surface area contributed by atoms with Gasteiger partial charge in [-0.25, -0.2) is 0 Å². The van der Waals surface area contributed by atoms with Crippen LogP contribution in [0.15, 0.2) is 52.9 Å². The molecule has 0 bridgehead atoms. The highest BCUT2D eigenvalue weighted by Gasteiger charge is 2.08. The van der Waals surface area contributed by atoms with Crippen LogP contribution in [-0.4, -0.2) is 6.61 Å². The van der Waals surface area contributed by atoms with Crippen LogP contribution < -0.4 is 10.5 Å². The summed E-state index contributed by atoms with van der Waals surface area (Å²) in [5.41, 5.74) is 9.40. The third kappa shape index (κ3) is 3.98. The van der Waals surface area contributed by atoms with Crippen molar-refractivity contribution in [2.75, 3.05) is 6.61 Å². The summed E-state index contributed by atoms with van der Waals surface area (Å²) in [7, 11) is 0. The molecule has 0 saturated carbocycles. The fourth-order valence-electron chi connectivity index (χ4n) is 2.74. The van der Waals surface area contributed by atoms with Crippen LogP contribution in [0, 0.1) is 0 Å². The van der Waals surface area contributed by atoms with Gasteiger partial charge in [0.05, 0.1) is 12.6 Å². The number of benzene rings is 2. The molecule has 0 aliphatic rings. The first kappa shape index (κ1) is 16.6. The molecule has 1 unspecified atom stereocenters. The van der Waals surface area contributed by atoms with Gasteiger partial charge >= 0.3 is 0 Å². The van der Waals surface area contributed by atoms with Crippen molar-refractivity contribution in [2.45, 2.75) is 39.2 Å². The SMILES string of the molecule is CCCOc1ccc(CCc2ccc3cc(C(C)N)oc3c2)cc1. The van der Waals surface area contributed by atoms with Gasteiger partial charge in [0.25, 0.3) is 0 Å². The van der Waals surface area contributed by atoms with E-state index in [2.05, 4.69) is 49.4 Å². The number of hydrogen-bond donors (Lipinski definition) is 1. The molecule has 1 heterocycles. The smallest absolute Gasteiger partial charge is 0.134 e. The molecule has 1 aromatic heterocycles. The fraction of sp³-hybridized carbons (Fsp3) is 0.333. The van der Waals surface area contributed by atoms with Gasteiger partial charge in [-0.3, -0.25) is 0 Å². The van der Waals surface area contributed by atoms with Gasteiger partial charge in [0.1, 0.15) is 17.1 Å². The van der Waals surface area contributed by atoms with E-state index in [0.717, 1.165) is 48.3 Å². The Morgan fingerprint density at radius 1 is 1.00 bits per heavy atom. The zero-order chi connectivity index (χ0) is 16.9. The zero-order valence-corrected chi connectivity index (χ0v) is 14.4. The Bertz CT molecular complexity index is 787. The minimum atomic E-state index is -0.0747. The Labute approximate surface area is 143 Å². The van der Waals surface area contributed by atoms with E-state index in [-0.39, 0.29) is 6.04 Å². The fourth-order valence-corrected chi connectivity index (χ4v) is 2.74. The van der Waals surface area contributed by atoms with Crippen LogP contribution in [0.4, 0.5) is 0 Å². The summed E-state index contributed by atoms with van der Waals surface area (Å²) in [6.07, 6.45) is 3.02. The number of hydrogen-bond acceptors (Lipinski definition) is 3. The number of rotatable bonds is 7. The van der Waals surface area contributed by atoms with Gasteiger partial charge < -0.3 is 14.9 Å². The molecular formula is C21H25NO2. The average Bonchev–Trinajstić information content (AvgIpc) is 3.02. The van der Waals surface area contributed by atoms with E-state index >= 15 is 0 Å². The topological polar surface area (TPSA) is 48.4 Å². The van der Waals surface area contributed by atoms with Crippen molar-refractivity contribution >= 4 is 11.0 Å². The number of ether oxygens (including phenoxy) is 1. The average molecular weight is 323 g/mol. The third-order valence-corrected chi connectivity index (χ3v) is 4.15. The maximum Gasteiger partial charge on any atom is 0.134 e. The molecule has 0 fully saturated rings. The summed E-state index contributed by atoms with van der Waals surface area (Å²) in [5.74, 6) is 1.78. The van der Waals surface area contributed by atoms with E-state index in [1.165, 1.54) is 11.1 Å². The largest absolute Gasteiger partial charge is 0.494 e. The second-order valence-electron chi connectivity index (χ2n) is 6.30. The van der Waals surface area contributed by atoms with Gasteiger partial charge in [-0.05, 0) is 61.6 Å². The predicted molar refractivity (Wildman–Crippen MR) is 98.5 cm³/mol. The molecule has 0 spiro atoms. The molecule has 3 heteroatoms. The van der Waals surface area contributed by atoms with Crippen LogP contribution in [0.5, 0.6) is 5.75 Å². The van der Waals surface area contributed by atoms with Crippen LogP contribution in [-0.2, 0) is 12.8 Å². The van der Waals surface area contributed by atoms with Crippen molar-refractivity contribution in [3.63, 3.8) is 0 Å². The van der Waals surface area contributed by atoms with Crippen LogP contribution in [0.3, 0.4) is 0 Å². The molecule has 1 atom stereocenters. The molecule has 3 aromatic rings. The van der Waals surface area contributed by atoms with E-state index in [1.807, 2.05) is 13.0 Å². The molecule has 3 rings (SSSR count). The molecule has 126 valence electrons. The maximum atomic E-state index is 5.89. The molecular weight excluding hydrogens is 298 g/mol. The van der Waals surface area contributed by atoms with Crippen LogP contribution in [0.1, 0.15) is 43.2 Å². The molecule has 2 aromatic carbocycles. The highest BCUT2D eigenvalue weighted by atomic mass is 16.5. The summed E-state index contributed by atoms with van der Waals surface area (Å²) < 4.78 is 11.5. The quantitative estimate of drug-likeness (QED) is 0.663. The van der Waals surface area contributed by atoms with Gasteiger partial charge in [0.2, 0.25) is 0 Å². The Morgan fingerprint density at radius 3 is 2.42 bits per heavy atom. The van der Waals surface area contributed by atoms with Crippen LogP contribution >= 0.6 is 0 Å². The lowest BCUT2D eigenvalue weighted by Gasteiger charge is -2.06. The van der Waals surface area contributed by atoms with Gasteiger partial charge in [0, 0.05) is 5.39 Å². The van der Waals surface area contributed by atoms with Crippen molar-refractivity contribution < 1.29 is 9.15 Å². The second kappa shape index (κ2) is 7.54. The van der Waals surface area contributed by atoms with Gasteiger partial charge in [0.15, 0.2) is 0 Å². The van der Waals surface area contributed by atoms with Crippen molar-refractivity contribution in [2.24, 2.45) is 5.73 Å². The Morgan fingerprint density at radius 2 is 1.71 bits per heavy atom. The highest BCUT2D eigenvalue weighted by molar-refractivity contribution is 5.78. The normalized spacial score (nSPS) is 12.5. The molecule has 0 aliphatic heterocycles. The minimum absolute atomic E-state index is 0.0747. The highest BCUT2D eigenvalue weighted by Crippen LogP contribution is 2.24. The standard InChI is InChI=1S/C21H25NO2/c1-3-12-23-19-10-7-16(8-11-19)4-5-17-6-9-18-14-20(15(2)22)24-21(18)13-17/h6-11,13-15H,3-5,12,22H2,1-2H3. The Kier molecular flexibility index (Phi) is 5.21. The number of fused-ring (bicyclic) bond motifs is 1. The second-order valence-corrected chi connectivity index (χ2v) is 6.30. The molecule has 0 aliphatic carbocycles. The molecule has 2 N–H and O–H groups in total. The van der Waals surface area contributed by atoms with E-state index in [1.54, 1.807) is 0 Å². The van der Waals surface area contributed by atoms with Crippen molar-refractivity contribution in [1.29, 1.82) is 0 Å². The monoisotopic (exact) mass is 323 g/mol. The van der Waals surface area contributed by atoms with Crippen molar-refractivity contribution in [3.05, 3.63) is 65.4 Å². The molecule has 0 amide bonds. The lowest BCUT2D eigenvalue weighted by atomic mass is 10.0.